The van der Waals surface area contributed by atoms with Gasteiger partial charge in [0.15, 0.2) is 5.69 Å². The van der Waals surface area contributed by atoms with E-state index in [1.165, 1.54) is 11.5 Å². The Hall–Kier alpha value is -2.29. The van der Waals surface area contributed by atoms with Gasteiger partial charge in [0.25, 0.3) is 5.91 Å². The molecule has 25 heavy (non-hydrogen) atoms. The van der Waals surface area contributed by atoms with Crippen molar-refractivity contribution in [1.29, 1.82) is 0 Å². The predicted octanol–water partition coefficient (Wildman–Crippen LogP) is 2.17. The summed E-state index contributed by atoms with van der Waals surface area (Å²) in [4.78, 5) is 16.8. The summed E-state index contributed by atoms with van der Waals surface area (Å²) in [6, 6.07) is 10.0. The van der Waals surface area contributed by atoms with Gasteiger partial charge in [-0.3, -0.25) is 15.2 Å². The average molecular weight is 377 g/mol. The molecule has 0 spiro atoms. The predicted molar refractivity (Wildman–Crippen MR) is 98.4 cm³/mol. The summed E-state index contributed by atoms with van der Waals surface area (Å²) in [6.07, 6.45) is 1.50. The zero-order valence-corrected chi connectivity index (χ0v) is 14.9. The van der Waals surface area contributed by atoms with Crippen LogP contribution in [0.4, 0.5) is 5.13 Å². The van der Waals surface area contributed by atoms with Gasteiger partial charge in [0.05, 0.1) is 0 Å². The highest BCUT2D eigenvalue weighted by atomic mass is 35.5. The zero-order valence-electron chi connectivity index (χ0n) is 13.3. The van der Waals surface area contributed by atoms with Gasteiger partial charge >= 0.3 is 0 Å². The van der Waals surface area contributed by atoms with Crippen LogP contribution >= 0.6 is 23.9 Å². The molecule has 3 heterocycles. The number of benzene rings is 1. The minimum Gasteiger partial charge on any atom is -0.312 e. The van der Waals surface area contributed by atoms with Gasteiger partial charge in [-0.25, -0.2) is 4.98 Å². The van der Waals surface area contributed by atoms with Crippen LogP contribution in [0.15, 0.2) is 30.3 Å². The van der Waals surface area contributed by atoms with Crippen molar-refractivity contribution in [2.75, 3.05) is 11.9 Å². The fraction of sp³-hybridized carbons (Fsp3) is 0.250. The van der Waals surface area contributed by atoms with E-state index in [0.717, 1.165) is 29.8 Å². The Morgan fingerprint density at radius 3 is 2.96 bits per heavy atom. The molecule has 130 valence electrons. The molecule has 4 rings (SSSR count). The Balaban J connectivity index is 0.00000182. The summed E-state index contributed by atoms with van der Waals surface area (Å²) in [5.74, 6) is 0.450. The topological polar surface area (TPSA) is 95.6 Å². The molecule has 3 aromatic rings. The van der Waals surface area contributed by atoms with Crippen molar-refractivity contribution in [2.24, 2.45) is 0 Å². The number of amides is 1. The van der Waals surface area contributed by atoms with Gasteiger partial charge in [0.1, 0.15) is 5.82 Å². The average Bonchev–Trinajstić information content (AvgIpc) is 3.22. The number of aromatic amines is 1. The van der Waals surface area contributed by atoms with Gasteiger partial charge in [-0.05, 0) is 5.56 Å². The molecular weight excluding hydrogens is 360 g/mol. The highest BCUT2D eigenvalue weighted by Gasteiger charge is 2.22. The van der Waals surface area contributed by atoms with Gasteiger partial charge in [-0.1, -0.05) is 30.3 Å². The fourth-order valence-electron chi connectivity index (χ4n) is 2.72. The number of carbonyl (C=O) groups is 1. The molecule has 1 aliphatic heterocycles. The third kappa shape index (κ3) is 3.87. The number of H-pyrrole nitrogens is 1. The summed E-state index contributed by atoms with van der Waals surface area (Å²) in [5, 5.41) is 13.6. The van der Waals surface area contributed by atoms with E-state index >= 15 is 0 Å². The Morgan fingerprint density at radius 2 is 2.12 bits per heavy atom. The maximum atomic E-state index is 12.4. The van der Waals surface area contributed by atoms with Crippen LogP contribution in [-0.2, 0) is 19.4 Å². The Morgan fingerprint density at radius 1 is 1.28 bits per heavy atom. The number of fused-ring (bicyclic) bond motifs is 1. The lowest BCUT2D eigenvalue weighted by Crippen LogP contribution is -2.25. The summed E-state index contributed by atoms with van der Waals surface area (Å²) in [5.41, 5.74) is 3.53. The summed E-state index contributed by atoms with van der Waals surface area (Å²) in [6.45, 7) is 1.56. The number of nitrogens with zero attached hydrogens (tertiary/aromatic N) is 3. The SMILES string of the molecule is Cl.O=C(Nc1nc(Cc2ccccc2)ns1)c1n[nH]c2c1CNCC2. The van der Waals surface area contributed by atoms with E-state index < -0.39 is 0 Å². The van der Waals surface area contributed by atoms with Crippen LogP contribution in [0.5, 0.6) is 0 Å². The monoisotopic (exact) mass is 376 g/mol. The third-order valence-electron chi connectivity index (χ3n) is 3.92. The molecule has 1 amide bonds. The molecule has 1 aromatic carbocycles. The first-order valence-electron chi connectivity index (χ1n) is 7.74. The van der Waals surface area contributed by atoms with E-state index in [1.807, 2.05) is 30.3 Å². The number of hydrogen-bond acceptors (Lipinski definition) is 6. The number of rotatable bonds is 4. The van der Waals surface area contributed by atoms with E-state index in [9.17, 15) is 4.79 Å². The van der Waals surface area contributed by atoms with Crippen molar-refractivity contribution in [3.63, 3.8) is 0 Å². The second kappa shape index (κ2) is 7.73. The second-order valence-electron chi connectivity index (χ2n) is 5.59. The molecule has 0 saturated carbocycles. The molecule has 9 heteroatoms. The minimum absolute atomic E-state index is 0. The lowest BCUT2D eigenvalue weighted by Gasteiger charge is -2.12. The first kappa shape index (κ1) is 17.5. The highest BCUT2D eigenvalue weighted by Crippen LogP contribution is 2.19. The van der Waals surface area contributed by atoms with Gasteiger partial charge in [0, 0.05) is 48.7 Å². The molecule has 0 radical (unpaired) electrons. The number of anilines is 1. The molecular formula is C16H17ClN6OS. The molecule has 0 fully saturated rings. The number of hydrogen-bond donors (Lipinski definition) is 3. The van der Waals surface area contributed by atoms with Crippen LogP contribution in [0.25, 0.3) is 0 Å². The molecule has 0 unspecified atom stereocenters. The molecule has 3 N–H and O–H groups in total. The van der Waals surface area contributed by atoms with Crippen LogP contribution < -0.4 is 10.6 Å². The molecule has 0 bridgehead atoms. The largest absolute Gasteiger partial charge is 0.312 e. The van der Waals surface area contributed by atoms with Crippen molar-refractivity contribution in [3.8, 4) is 0 Å². The van der Waals surface area contributed by atoms with Gasteiger partial charge in [-0.15, -0.1) is 12.4 Å². The van der Waals surface area contributed by atoms with Gasteiger partial charge < -0.3 is 5.32 Å². The maximum absolute atomic E-state index is 12.4. The van der Waals surface area contributed by atoms with Crippen LogP contribution in [0.2, 0.25) is 0 Å². The first-order chi connectivity index (χ1) is 11.8. The lowest BCUT2D eigenvalue weighted by molar-refractivity contribution is 0.102. The third-order valence-corrected chi connectivity index (χ3v) is 4.58. The molecule has 2 aromatic heterocycles. The van der Waals surface area contributed by atoms with Crippen LogP contribution in [0.3, 0.4) is 0 Å². The first-order valence-corrected chi connectivity index (χ1v) is 8.51. The Kier molecular flexibility index (Phi) is 5.42. The van der Waals surface area contributed by atoms with Crippen molar-refractivity contribution in [1.82, 2.24) is 24.9 Å². The van der Waals surface area contributed by atoms with Crippen molar-refractivity contribution in [2.45, 2.75) is 19.4 Å². The van der Waals surface area contributed by atoms with E-state index in [2.05, 4.69) is 30.2 Å². The molecule has 7 nitrogen and oxygen atoms in total. The maximum Gasteiger partial charge on any atom is 0.278 e. The van der Waals surface area contributed by atoms with Crippen molar-refractivity contribution >= 4 is 35.0 Å². The summed E-state index contributed by atoms with van der Waals surface area (Å²) >= 11 is 1.19. The normalized spacial score (nSPS) is 13.0. The number of carbonyl (C=O) groups excluding carboxylic acids is 1. The highest BCUT2D eigenvalue weighted by molar-refractivity contribution is 7.09. The van der Waals surface area contributed by atoms with E-state index in [1.54, 1.807) is 0 Å². The quantitative estimate of drug-likeness (QED) is 0.648. The molecule has 0 atom stereocenters. The van der Waals surface area contributed by atoms with Crippen LogP contribution in [0, 0.1) is 0 Å². The molecule has 0 aliphatic carbocycles. The van der Waals surface area contributed by atoms with E-state index in [-0.39, 0.29) is 18.3 Å². The van der Waals surface area contributed by atoms with Gasteiger partial charge in [0.2, 0.25) is 5.13 Å². The lowest BCUT2D eigenvalue weighted by atomic mass is 10.1. The number of halogens is 1. The van der Waals surface area contributed by atoms with Crippen LogP contribution in [0.1, 0.15) is 33.1 Å². The Bertz CT molecular complexity index is 863. The molecule has 1 aliphatic rings. The Labute approximate surface area is 154 Å². The standard InChI is InChI=1S/C16H16N6OS.ClH/c23-15(14-11-9-17-7-6-12(11)20-21-14)19-16-18-13(22-24-16)8-10-4-2-1-3-5-10;/h1-5,17H,6-9H2,(H,20,21)(H,18,19,22,23);1H. The van der Waals surface area contributed by atoms with E-state index in [4.69, 9.17) is 0 Å². The van der Waals surface area contributed by atoms with Crippen LogP contribution in [-0.4, -0.2) is 32.0 Å². The smallest absolute Gasteiger partial charge is 0.278 e. The van der Waals surface area contributed by atoms with E-state index in [0.29, 0.717) is 29.6 Å². The number of nitrogens with one attached hydrogen (secondary N) is 3. The summed E-state index contributed by atoms with van der Waals surface area (Å²) < 4.78 is 4.31. The van der Waals surface area contributed by atoms with Gasteiger partial charge in [-0.2, -0.15) is 9.47 Å². The minimum atomic E-state index is -0.251. The number of aromatic nitrogens is 4. The summed E-state index contributed by atoms with van der Waals surface area (Å²) in [7, 11) is 0. The van der Waals surface area contributed by atoms with Crippen molar-refractivity contribution < 1.29 is 4.79 Å². The molecule has 0 saturated heterocycles. The zero-order chi connectivity index (χ0) is 16.4. The van der Waals surface area contributed by atoms with Crippen molar-refractivity contribution in [3.05, 3.63) is 58.7 Å². The fourth-order valence-corrected chi connectivity index (χ4v) is 3.31. The second-order valence-corrected chi connectivity index (χ2v) is 6.34.